The Labute approximate surface area is 133 Å². The standard InChI is InChI=1S/C20H24N2/c1-21-12-14-22(15-13-21)20-18-8-4-2-6-16(18)10-11-17-7-3-5-9-19(17)20/h2-9,20H,10-15H2,1H3. The Morgan fingerprint density at radius 2 is 1.23 bits per heavy atom. The molecule has 0 amide bonds. The summed E-state index contributed by atoms with van der Waals surface area (Å²) in [5, 5.41) is 0. The van der Waals surface area contributed by atoms with Crippen molar-refractivity contribution in [3.05, 3.63) is 70.8 Å². The van der Waals surface area contributed by atoms with Crippen LogP contribution in [0, 0.1) is 0 Å². The van der Waals surface area contributed by atoms with Crippen molar-refractivity contribution in [1.82, 2.24) is 9.80 Å². The SMILES string of the molecule is CN1CCN(C2c3ccccc3CCc3ccccc32)CC1. The molecular weight excluding hydrogens is 268 g/mol. The lowest BCUT2D eigenvalue weighted by Gasteiger charge is -2.39. The van der Waals surface area contributed by atoms with Gasteiger partial charge in [-0.15, -0.1) is 0 Å². The molecule has 22 heavy (non-hydrogen) atoms. The number of rotatable bonds is 1. The van der Waals surface area contributed by atoms with Gasteiger partial charge in [-0.1, -0.05) is 48.5 Å². The van der Waals surface area contributed by atoms with Crippen LogP contribution in [0.4, 0.5) is 0 Å². The van der Waals surface area contributed by atoms with Gasteiger partial charge in [0.2, 0.25) is 0 Å². The van der Waals surface area contributed by atoms with Crippen molar-refractivity contribution in [2.24, 2.45) is 0 Å². The minimum Gasteiger partial charge on any atom is -0.304 e. The maximum absolute atomic E-state index is 2.68. The quantitative estimate of drug-likeness (QED) is 0.797. The van der Waals surface area contributed by atoms with E-state index in [1.165, 1.54) is 35.3 Å². The summed E-state index contributed by atoms with van der Waals surface area (Å²) in [5.74, 6) is 0. The fourth-order valence-corrected chi connectivity index (χ4v) is 3.97. The molecule has 0 atom stereocenters. The molecule has 2 aliphatic rings. The fourth-order valence-electron chi connectivity index (χ4n) is 3.97. The molecule has 1 fully saturated rings. The van der Waals surface area contributed by atoms with Crippen molar-refractivity contribution in [3.8, 4) is 0 Å². The Morgan fingerprint density at radius 3 is 1.77 bits per heavy atom. The topological polar surface area (TPSA) is 6.48 Å². The van der Waals surface area contributed by atoms with E-state index in [4.69, 9.17) is 0 Å². The maximum Gasteiger partial charge on any atom is 0.0608 e. The summed E-state index contributed by atoms with van der Waals surface area (Å²) < 4.78 is 0. The highest BCUT2D eigenvalue weighted by molar-refractivity contribution is 5.44. The summed E-state index contributed by atoms with van der Waals surface area (Å²) >= 11 is 0. The van der Waals surface area contributed by atoms with Crippen LogP contribution < -0.4 is 0 Å². The van der Waals surface area contributed by atoms with Crippen LogP contribution in [0.3, 0.4) is 0 Å². The molecule has 114 valence electrons. The largest absolute Gasteiger partial charge is 0.304 e. The van der Waals surface area contributed by atoms with Crippen LogP contribution >= 0.6 is 0 Å². The minimum absolute atomic E-state index is 0.434. The van der Waals surface area contributed by atoms with Crippen LogP contribution in [0.25, 0.3) is 0 Å². The van der Waals surface area contributed by atoms with Gasteiger partial charge >= 0.3 is 0 Å². The molecule has 0 unspecified atom stereocenters. The van der Waals surface area contributed by atoms with Gasteiger partial charge in [-0.05, 0) is 42.1 Å². The molecule has 2 aromatic carbocycles. The molecule has 0 saturated carbocycles. The zero-order chi connectivity index (χ0) is 14.9. The maximum atomic E-state index is 2.68. The van der Waals surface area contributed by atoms with E-state index >= 15 is 0 Å². The first-order valence-corrected chi connectivity index (χ1v) is 8.41. The molecule has 2 heteroatoms. The lowest BCUT2D eigenvalue weighted by atomic mass is 9.93. The third-order valence-electron chi connectivity index (χ3n) is 5.27. The summed E-state index contributed by atoms with van der Waals surface area (Å²) in [6.07, 6.45) is 2.33. The molecule has 0 N–H and O–H groups in total. The predicted octanol–water partition coefficient (Wildman–Crippen LogP) is 3.12. The number of fused-ring (bicyclic) bond motifs is 2. The normalized spacial score (nSPS) is 20.2. The number of likely N-dealkylation sites (N-methyl/N-ethyl adjacent to an activating group) is 1. The first-order chi connectivity index (χ1) is 10.8. The zero-order valence-corrected chi connectivity index (χ0v) is 13.3. The Balaban J connectivity index is 1.80. The smallest absolute Gasteiger partial charge is 0.0608 e. The monoisotopic (exact) mass is 292 g/mol. The second-order valence-corrected chi connectivity index (χ2v) is 6.64. The summed E-state index contributed by atoms with van der Waals surface area (Å²) in [4.78, 5) is 5.12. The predicted molar refractivity (Wildman–Crippen MR) is 91.2 cm³/mol. The van der Waals surface area contributed by atoms with Crippen LogP contribution in [0.5, 0.6) is 0 Å². The van der Waals surface area contributed by atoms with Crippen molar-refractivity contribution < 1.29 is 0 Å². The molecule has 0 radical (unpaired) electrons. The molecule has 1 saturated heterocycles. The molecule has 4 rings (SSSR count). The van der Waals surface area contributed by atoms with Gasteiger partial charge in [-0.2, -0.15) is 0 Å². The van der Waals surface area contributed by atoms with Gasteiger partial charge in [0, 0.05) is 26.2 Å². The van der Waals surface area contributed by atoms with Crippen LogP contribution in [-0.2, 0) is 12.8 Å². The molecule has 2 aromatic rings. The van der Waals surface area contributed by atoms with Crippen LogP contribution in [-0.4, -0.2) is 43.0 Å². The number of piperazine rings is 1. The van der Waals surface area contributed by atoms with Crippen molar-refractivity contribution in [1.29, 1.82) is 0 Å². The first-order valence-electron chi connectivity index (χ1n) is 8.41. The van der Waals surface area contributed by atoms with Gasteiger partial charge in [0.25, 0.3) is 0 Å². The van der Waals surface area contributed by atoms with Crippen molar-refractivity contribution in [3.63, 3.8) is 0 Å². The Hall–Kier alpha value is -1.64. The average Bonchev–Trinajstić information content (AvgIpc) is 2.73. The number of benzene rings is 2. The summed E-state index contributed by atoms with van der Waals surface area (Å²) in [5.41, 5.74) is 6.11. The van der Waals surface area contributed by atoms with Gasteiger partial charge in [0.05, 0.1) is 6.04 Å². The van der Waals surface area contributed by atoms with Gasteiger partial charge in [-0.25, -0.2) is 0 Å². The molecule has 0 spiro atoms. The number of hydrogen-bond acceptors (Lipinski definition) is 2. The molecule has 0 bridgehead atoms. The van der Waals surface area contributed by atoms with Crippen molar-refractivity contribution in [2.75, 3.05) is 33.2 Å². The summed E-state index contributed by atoms with van der Waals surface area (Å²) in [6.45, 7) is 4.65. The minimum atomic E-state index is 0.434. The van der Waals surface area contributed by atoms with E-state index in [1.54, 1.807) is 0 Å². The van der Waals surface area contributed by atoms with Gasteiger partial charge in [-0.3, -0.25) is 4.90 Å². The highest BCUT2D eigenvalue weighted by atomic mass is 15.3. The number of aryl methyl sites for hydroxylation is 2. The lowest BCUT2D eigenvalue weighted by molar-refractivity contribution is 0.127. The molecular formula is C20H24N2. The van der Waals surface area contributed by atoms with Crippen molar-refractivity contribution in [2.45, 2.75) is 18.9 Å². The average molecular weight is 292 g/mol. The van der Waals surface area contributed by atoms with Gasteiger partial charge < -0.3 is 4.90 Å². The van der Waals surface area contributed by atoms with Crippen LogP contribution in [0.1, 0.15) is 28.3 Å². The van der Waals surface area contributed by atoms with Crippen LogP contribution in [0.15, 0.2) is 48.5 Å². The summed E-state index contributed by atoms with van der Waals surface area (Å²) in [7, 11) is 2.23. The molecule has 1 aliphatic carbocycles. The third kappa shape index (κ3) is 2.47. The molecule has 1 heterocycles. The second kappa shape index (κ2) is 5.86. The second-order valence-electron chi connectivity index (χ2n) is 6.64. The number of nitrogens with zero attached hydrogens (tertiary/aromatic N) is 2. The number of hydrogen-bond donors (Lipinski definition) is 0. The van der Waals surface area contributed by atoms with E-state index in [2.05, 4.69) is 65.4 Å². The summed E-state index contributed by atoms with van der Waals surface area (Å²) in [6, 6.07) is 18.6. The van der Waals surface area contributed by atoms with E-state index in [9.17, 15) is 0 Å². The third-order valence-corrected chi connectivity index (χ3v) is 5.27. The Kier molecular flexibility index (Phi) is 3.73. The molecule has 1 aliphatic heterocycles. The van der Waals surface area contributed by atoms with Crippen LogP contribution in [0.2, 0.25) is 0 Å². The zero-order valence-electron chi connectivity index (χ0n) is 13.3. The Bertz CT molecular complexity index is 609. The fraction of sp³-hybridized carbons (Fsp3) is 0.400. The van der Waals surface area contributed by atoms with E-state index in [1.807, 2.05) is 0 Å². The van der Waals surface area contributed by atoms with E-state index in [0.29, 0.717) is 6.04 Å². The first kappa shape index (κ1) is 14.0. The molecule has 2 nitrogen and oxygen atoms in total. The van der Waals surface area contributed by atoms with Gasteiger partial charge in [0.15, 0.2) is 0 Å². The van der Waals surface area contributed by atoms with E-state index < -0.39 is 0 Å². The molecule has 0 aromatic heterocycles. The van der Waals surface area contributed by atoms with E-state index in [-0.39, 0.29) is 0 Å². The van der Waals surface area contributed by atoms with Crippen molar-refractivity contribution >= 4 is 0 Å². The van der Waals surface area contributed by atoms with Gasteiger partial charge in [0.1, 0.15) is 0 Å². The Morgan fingerprint density at radius 1 is 0.727 bits per heavy atom. The highest BCUT2D eigenvalue weighted by Gasteiger charge is 2.29. The van der Waals surface area contributed by atoms with E-state index in [0.717, 1.165) is 25.9 Å². The highest BCUT2D eigenvalue weighted by Crippen LogP contribution is 2.36. The lowest BCUT2D eigenvalue weighted by Crippen LogP contribution is -2.46.